The second kappa shape index (κ2) is 6.16. The van der Waals surface area contributed by atoms with E-state index in [1.54, 1.807) is 12.1 Å². The van der Waals surface area contributed by atoms with Gasteiger partial charge in [0.15, 0.2) is 0 Å². The molecule has 3 aromatic rings. The van der Waals surface area contributed by atoms with E-state index < -0.39 is 28.7 Å². The molecule has 3 heterocycles. The number of benzene rings is 2. The Bertz CT molecular complexity index is 1180. The molecule has 1 aromatic heterocycles. The quantitative estimate of drug-likeness (QED) is 0.700. The molecule has 2 aliphatic heterocycles. The average Bonchev–Trinajstić information content (AvgIpc) is 3.40. The zero-order chi connectivity index (χ0) is 20.2. The Morgan fingerprint density at radius 1 is 1.14 bits per heavy atom. The molecule has 2 aliphatic rings. The Morgan fingerprint density at radius 2 is 1.90 bits per heavy atom. The SMILES string of the molecule is O=C(c1cc(=O)[nH]o1)N1CC[C@]2(C(=O)Nc3ccccc32)[C@@H]1c1ccc(F)cc1. The van der Waals surface area contributed by atoms with Crippen LogP contribution in [0.3, 0.4) is 0 Å². The van der Waals surface area contributed by atoms with E-state index in [9.17, 15) is 18.8 Å². The van der Waals surface area contributed by atoms with Gasteiger partial charge >= 0.3 is 0 Å². The Hall–Kier alpha value is -3.68. The van der Waals surface area contributed by atoms with Gasteiger partial charge < -0.3 is 14.7 Å². The molecule has 2 N–H and O–H groups in total. The molecule has 5 rings (SSSR count). The maximum absolute atomic E-state index is 13.6. The summed E-state index contributed by atoms with van der Waals surface area (Å²) < 4.78 is 18.6. The van der Waals surface area contributed by atoms with Gasteiger partial charge in [-0.05, 0) is 35.7 Å². The summed E-state index contributed by atoms with van der Waals surface area (Å²) in [6.07, 6.45) is 0.387. The van der Waals surface area contributed by atoms with Crippen molar-refractivity contribution in [3.8, 4) is 0 Å². The van der Waals surface area contributed by atoms with Crippen molar-refractivity contribution < 1.29 is 18.5 Å². The lowest BCUT2D eigenvalue weighted by molar-refractivity contribution is -0.121. The lowest BCUT2D eigenvalue weighted by Gasteiger charge is -2.34. The number of nitrogens with one attached hydrogen (secondary N) is 2. The van der Waals surface area contributed by atoms with E-state index in [1.807, 2.05) is 24.3 Å². The summed E-state index contributed by atoms with van der Waals surface area (Å²) in [5, 5.41) is 5.03. The number of rotatable bonds is 2. The smallest absolute Gasteiger partial charge is 0.293 e. The van der Waals surface area contributed by atoms with Crippen molar-refractivity contribution in [2.24, 2.45) is 0 Å². The Labute approximate surface area is 164 Å². The predicted molar refractivity (Wildman–Crippen MR) is 101 cm³/mol. The summed E-state index contributed by atoms with van der Waals surface area (Å²) in [6, 6.07) is 13.5. The maximum atomic E-state index is 13.6. The molecular weight excluding hydrogens is 377 g/mol. The van der Waals surface area contributed by atoms with Gasteiger partial charge in [0.1, 0.15) is 11.2 Å². The minimum absolute atomic E-state index is 0.133. The van der Waals surface area contributed by atoms with Crippen molar-refractivity contribution >= 4 is 17.5 Å². The molecule has 8 heteroatoms. The number of carbonyl (C=O) groups is 2. The summed E-state index contributed by atoms with van der Waals surface area (Å²) in [5.41, 5.74) is 0.588. The Morgan fingerprint density at radius 3 is 2.62 bits per heavy atom. The summed E-state index contributed by atoms with van der Waals surface area (Å²) in [6.45, 7) is 0.275. The molecule has 7 nitrogen and oxygen atoms in total. The van der Waals surface area contributed by atoms with Crippen molar-refractivity contribution in [1.82, 2.24) is 10.1 Å². The van der Waals surface area contributed by atoms with Gasteiger partial charge in [0, 0.05) is 12.2 Å². The number of fused-ring (bicyclic) bond motifs is 2. The largest absolute Gasteiger partial charge is 0.373 e. The zero-order valence-corrected chi connectivity index (χ0v) is 15.1. The van der Waals surface area contributed by atoms with Gasteiger partial charge in [-0.25, -0.2) is 4.39 Å². The molecule has 1 spiro atoms. The molecule has 29 heavy (non-hydrogen) atoms. The highest BCUT2D eigenvalue weighted by Gasteiger charge is 2.59. The van der Waals surface area contributed by atoms with Crippen LogP contribution >= 0.6 is 0 Å². The van der Waals surface area contributed by atoms with E-state index in [4.69, 9.17) is 4.52 Å². The van der Waals surface area contributed by atoms with E-state index in [0.29, 0.717) is 17.7 Å². The molecular formula is C21H16FN3O4. The van der Waals surface area contributed by atoms with Gasteiger partial charge in [0.05, 0.1) is 12.1 Å². The molecule has 2 atom stereocenters. The zero-order valence-electron chi connectivity index (χ0n) is 15.1. The van der Waals surface area contributed by atoms with Crippen LogP contribution in [0.15, 0.2) is 63.9 Å². The highest BCUT2D eigenvalue weighted by Crippen LogP contribution is 2.54. The molecule has 0 aliphatic carbocycles. The van der Waals surface area contributed by atoms with Crippen molar-refractivity contribution in [2.75, 3.05) is 11.9 Å². The number of hydrogen-bond donors (Lipinski definition) is 2. The maximum Gasteiger partial charge on any atom is 0.293 e. The van der Waals surface area contributed by atoms with Crippen molar-refractivity contribution in [1.29, 1.82) is 0 Å². The molecule has 2 amide bonds. The van der Waals surface area contributed by atoms with Gasteiger partial charge in [0.2, 0.25) is 11.7 Å². The fourth-order valence-corrected chi connectivity index (χ4v) is 4.54. The third kappa shape index (κ3) is 2.45. The summed E-state index contributed by atoms with van der Waals surface area (Å²) >= 11 is 0. The number of amides is 2. The summed E-state index contributed by atoms with van der Waals surface area (Å²) in [4.78, 5) is 39.3. The number of carbonyl (C=O) groups excluding carboxylic acids is 2. The van der Waals surface area contributed by atoms with E-state index in [0.717, 1.165) is 11.6 Å². The van der Waals surface area contributed by atoms with Crippen molar-refractivity contribution in [3.63, 3.8) is 0 Å². The Kier molecular flexibility index (Phi) is 3.70. The normalized spacial score (nSPS) is 22.7. The molecule has 2 aromatic carbocycles. The number of anilines is 1. The van der Waals surface area contributed by atoms with Crippen LogP contribution in [0.1, 0.15) is 34.1 Å². The molecule has 1 saturated heterocycles. The number of likely N-dealkylation sites (tertiary alicyclic amines) is 1. The van der Waals surface area contributed by atoms with Gasteiger partial charge in [-0.1, -0.05) is 30.3 Å². The van der Waals surface area contributed by atoms with Crippen LogP contribution < -0.4 is 10.9 Å². The van der Waals surface area contributed by atoms with Crippen LogP contribution in [0.4, 0.5) is 10.1 Å². The van der Waals surface area contributed by atoms with Crippen LogP contribution in [0.5, 0.6) is 0 Å². The number of nitrogens with zero attached hydrogens (tertiary/aromatic N) is 1. The molecule has 0 unspecified atom stereocenters. The average molecular weight is 393 g/mol. The third-order valence-electron chi connectivity index (χ3n) is 5.77. The lowest BCUT2D eigenvalue weighted by Crippen LogP contribution is -2.42. The van der Waals surface area contributed by atoms with Crippen LogP contribution in [0, 0.1) is 5.82 Å². The molecule has 1 fully saturated rings. The van der Waals surface area contributed by atoms with Gasteiger partial charge in [-0.3, -0.25) is 14.4 Å². The highest BCUT2D eigenvalue weighted by atomic mass is 19.1. The van der Waals surface area contributed by atoms with E-state index in [-0.39, 0.29) is 18.2 Å². The molecule has 0 radical (unpaired) electrons. The number of H-pyrrole nitrogens is 1. The molecule has 0 bridgehead atoms. The minimum atomic E-state index is -1.01. The minimum Gasteiger partial charge on any atom is -0.373 e. The molecule has 146 valence electrons. The first kappa shape index (κ1) is 17.4. The number of halogens is 1. The van der Waals surface area contributed by atoms with Crippen LogP contribution in [-0.4, -0.2) is 28.4 Å². The Balaban J connectivity index is 1.68. The fourth-order valence-electron chi connectivity index (χ4n) is 4.54. The number of aromatic nitrogens is 1. The first-order chi connectivity index (χ1) is 14.0. The van der Waals surface area contributed by atoms with Crippen molar-refractivity contribution in [3.05, 3.63) is 87.7 Å². The van der Waals surface area contributed by atoms with Crippen LogP contribution in [-0.2, 0) is 10.2 Å². The van der Waals surface area contributed by atoms with Crippen LogP contribution in [0.25, 0.3) is 0 Å². The van der Waals surface area contributed by atoms with Crippen molar-refractivity contribution in [2.45, 2.75) is 17.9 Å². The third-order valence-corrected chi connectivity index (χ3v) is 5.77. The fraction of sp³-hybridized carbons (Fsp3) is 0.190. The first-order valence-electron chi connectivity index (χ1n) is 9.16. The topological polar surface area (TPSA) is 95.4 Å². The standard InChI is InChI=1S/C21H16FN3O4/c22-13-7-5-12(6-8-13)18-21(14-3-1-2-4-15(14)23-20(21)28)9-10-25(18)19(27)16-11-17(26)24-29-16/h1-8,11,18H,9-10H2,(H,23,28)(H,24,26)/t18-,21+/m0/s1. The van der Waals surface area contributed by atoms with Gasteiger partial charge in [-0.15, -0.1) is 0 Å². The highest BCUT2D eigenvalue weighted by molar-refractivity contribution is 6.08. The van der Waals surface area contributed by atoms with Gasteiger partial charge in [-0.2, -0.15) is 5.16 Å². The predicted octanol–water partition coefficient (Wildman–Crippen LogP) is 2.58. The van der Waals surface area contributed by atoms with Crippen LogP contribution in [0.2, 0.25) is 0 Å². The monoisotopic (exact) mass is 393 g/mol. The number of para-hydroxylation sites is 1. The van der Waals surface area contributed by atoms with E-state index in [1.165, 1.54) is 17.0 Å². The summed E-state index contributed by atoms with van der Waals surface area (Å²) in [7, 11) is 0. The first-order valence-corrected chi connectivity index (χ1v) is 9.16. The second-order valence-electron chi connectivity index (χ2n) is 7.25. The summed E-state index contributed by atoms with van der Waals surface area (Å²) in [5.74, 6) is -1.26. The number of hydrogen-bond acceptors (Lipinski definition) is 4. The second-order valence-corrected chi connectivity index (χ2v) is 7.25. The number of aromatic amines is 1. The molecule has 0 saturated carbocycles. The van der Waals surface area contributed by atoms with E-state index in [2.05, 4.69) is 10.5 Å². The van der Waals surface area contributed by atoms with Gasteiger partial charge in [0.25, 0.3) is 11.5 Å². The van der Waals surface area contributed by atoms with E-state index >= 15 is 0 Å². The lowest BCUT2D eigenvalue weighted by atomic mass is 9.72.